The average Bonchev–Trinajstić information content (AvgIpc) is 2.33. The Hall–Kier alpha value is -1.55. The Morgan fingerprint density at radius 2 is 1.88 bits per heavy atom. The highest BCUT2D eigenvalue weighted by molar-refractivity contribution is 5.89. The summed E-state index contributed by atoms with van der Waals surface area (Å²) in [7, 11) is 0. The lowest BCUT2D eigenvalue weighted by Gasteiger charge is -2.26. The minimum absolute atomic E-state index is 0.0693. The van der Waals surface area contributed by atoms with Gasteiger partial charge in [0.2, 0.25) is 0 Å². The molecule has 2 amide bonds. The number of carbonyl (C=O) groups excluding carboxylic acids is 1. The number of amides is 2. The summed E-state index contributed by atoms with van der Waals surface area (Å²) in [6, 6.07) is 7.37. The maximum atomic E-state index is 11.8. The molecule has 1 N–H and O–H groups in total. The summed E-state index contributed by atoms with van der Waals surface area (Å²) in [6.45, 7) is 6.33. The fraction of sp³-hybridized carbons (Fsp3) is 0.333. The fourth-order valence-corrected chi connectivity index (χ4v) is 1.56. The molecule has 0 aromatic heterocycles. The van der Waals surface area contributed by atoms with Crippen LogP contribution < -0.4 is 5.32 Å². The van der Waals surface area contributed by atoms with Crippen LogP contribution in [0.4, 0.5) is 10.5 Å². The highest BCUT2D eigenvalue weighted by Crippen LogP contribution is 2.10. The van der Waals surface area contributed by atoms with Crippen LogP contribution in [0.3, 0.4) is 0 Å². The van der Waals surface area contributed by atoms with Gasteiger partial charge in [-0.15, -0.1) is 0 Å². The second-order valence-corrected chi connectivity index (χ2v) is 3.73. The van der Waals surface area contributed by atoms with Gasteiger partial charge >= 0.3 is 6.03 Å². The number of nitrogens with one attached hydrogen (secondary N) is 1. The SMILES string of the molecule is [CH2]c1ccc(NC(=O)N2CCOCC2)cc1. The lowest BCUT2D eigenvalue weighted by atomic mass is 10.2. The van der Waals surface area contributed by atoms with E-state index >= 15 is 0 Å². The van der Waals surface area contributed by atoms with Gasteiger partial charge in [-0.2, -0.15) is 0 Å². The molecule has 1 aliphatic heterocycles. The molecule has 1 heterocycles. The van der Waals surface area contributed by atoms with Gasteiger partial charge in [0.05, 0.1) is 13.2 Å². The van der Waals surface area contributed by atoms with Crippen LogP contribution in [0.15, 0.2) is 24.3 Å². The van der Waals surface area contributed by atoms with Crippen LogP contribution in [0.2, 0.25) is 0 Å². The topological polar surface area (TPSA) is 41.6 Å². The van der Waals surface area contributed by atoms with E-state index in [9.17, 15) is 4.79 Å². The van der Waals surface area contributed by atoms with Crippen molar-refractivity contribution in [3.05, 3.63) is 36.8 Å². The number of morpholine rings is 1. The summed E-state index contributed by atoms with van der Waals surface area (Å²) in [5.41, 5.74) is 1.73. The Labute approximate surface area is 95.2 Å². The number of ether oxygens (including phenoxy) is 1. The highest BCUT2D eigenvalue weighted by Gasteiger charge is 2.16. The monoisotopic (exact) mass is 219 g/mol. The number of anilines is 1. The van der Waals surface area contributed by atoms with E-state index in [1.165, 1.54) is 0 Å². The standard InChI is InChI=1S/C12H15N2O2/c1-10-2-4-11(5-3-10)13-12(15)14-6-8-16-9-7-14/h2-5H,1,6-9H2,(H,13,15). The third kappa shape index (κ3) is 2.73. The van der Waals surface area contributed by atoms with Crippen molar-refractivity contribution in [1.29, 1.82) is 0 Å². The Kier molecular flexibility index (Phi) is 3.41. The van der Waals surface area contributed by atoms with Crippen molar-refractivity contribution >= 4 is 11.7 Å². The molecule has 0 atom stereocenters. The molecule has 85 valence electrons. The number of carbonyl (C=O) groups is 1. The molecule has 4 nitrogen and oxygen atoms in total. The molecule has 0 unspecified atom stereocenters. The van der Waals surface area contributed by atoms with E-state index in [1.807, 2.05) is 24.3 Å². The first kappa shape index (κ1) is 11.0. The van der Waals surface area contributed by atoms with E-state index in [2.05, 4.69) is 12.2 Å². The van der Waals surface area contributed by atoms with Crippen LogP contribution in [-0.2, 0) is 4.74 Å². The third-order valence-corrected chi connectivity index (χ3v) is 2.50. The van der Waals surface area contributed by atoms with Gasteiger partial charge < -0.3 is 15.0 Å². The van der Waals surface area contributed by atoms with E-state index in [0.29, 0.717) is 26.3 Å². The number of hydrogen-bond donors (Lipinski definition) is 1. The van der Waals surface area contributed by atoms with Crippen molar-refractivity contribution < 1.29 is 9.53 Å². The van der Waals surface area contributed by atoms with Crippen LogP contribution in [0.5, 0.6) is 0 Å². The summed E-state index contributed by atoms with van der Waals surface area (Å²) < 4.78 is 5.19. The van der Waals surface area contributed by atoms with Crippen molar-refractivity contribution in [2.24, 2.45) is 0 Å². The van der Waals surface area contributed by atoms with Crippen LogP contribution in [0, 0.1) is 6.92 Å². The predicted molar refractivity (Wildman–Crippen MR) is 62.3 cm³/mol. The summed E-state index contributed by atoms with van der Waals surface area (Å²) in [6.07, 6.45) is 0. The lowest BCUT2D eigenvalue weighted by Crippen LogP contribution is -2.43. The zero-order valence-electron chi connectivity index (χ0n) is 9.11. The summed E-state index contributed by atoms with van der Waals surface area (Å²) in [5, 5.41) is 2.84. The van der Waals surface area contributed by atoms with E-state index in [4.69, 9.17) is 4.74 Å². The molecule has 1 saturated heterocycles. The Balaban J connectivity index is 1.93. The maximum Gasteiger partial charge on any atom is 0.321 e. The largest absolute Gasteiger partial charge is 0.378 e. The first-order valence-corrected chi connectivity index (χ1v) is 5.31. The molecular formula is C12H15N2O2. The molecule has 0 aliphatic carbocycles. The number of rotatable bonds is 1. The molecule has 0 saturated carbocycles. The van der Waals surface area contributed by atoms with Gasteiger partial charge in [0, 0.05) is 18.8 Å². The van der Waals surface area contributed by atoms with Crippen molar-refractivity contribution in [2.45, 2.75) is 0 Å². The summed E-state index contributed by atoms with van der Waals surface area (Å²) in [4.78, 5) is 13.5. The van der Waals surface area contributed by atoms with Crippen LogP contribution in [0.1, 0.15) is 5.56 Å². The number of hydrogen-bond acceptors (Lipinski definition) is 2. The fourth-order valence-electron chi connectivity index (χ4n) is 1.56. The summed E-state index contributed by atoms with van der Waals surface area (Å²) >= 11 is 0. The second-order valence-electron chi connectivity index (χ2n) is 3.73. The van der Waals surface area contributed by atoms with Crippen molar-refractivity contribution in [2.75, 3.05) is 31.6 Å². The smallest absolute Gasteiger partial charge is 0.321 e. The molecular weight excluding hydrogens is 204 g/mol. The van der Waals surface area contributed by atoms with Gasteiger partial charge in [0.15, 0.2) is 0 Å². The average molecular weight is 219 g/mol. The van der Waals surface area contributed by atoms with E-state index < -0.39 is 0 Å². The molecule has 0 spiro atoms. The molecule has 1 aromatic carbocycles. The summed E-state index contributed by atoms with van der Waals surface area (Å²) in [5.74, 6) is 0. The second kappa shape index (κ2) is 4.99. The zero-order chi connectivity index (χ0) is 11.4. The van der Waals surface area contributed by atoms with Gasteiger partial charge in [-0.05, 0) is 24.6 Å². The zero-order valence-corrected chi connectivity index (χ0v) is 9.11. The molecule has 1 radical (unpaired) electrons. The lowest BCUT2D eigenvalue weighted by molar-refractivity contribution is 0.0564. The number of urea groups is 1. The Morgan fingerprint density at radius 3 is 2.50 bits per heavy atom. The Bertz CT molecular complexity index is 356. The van der Waals surface area contributed by atoms with Crippen molar-refractivity contribution in [1.82, 2.24) is 4.90 Å². The molecule has 2 rings (SSSR count). The maximum absolute atomic E-state index is 11.8. The minimum Gasteiger partial charge on any atom is -0.378 e. The van der Waals surface area contributed by atoms with Crippen molar-refractivity contribution in [3.63, 3.8) is 0 Å². The number of benzene rings is 1. The molecule has 0 bridgehead atoms. The van der Waals surface area contributed by atoms with Crippen LogP contribution >= 0.6 is 0 Å². The molecule has 16 heavy (non-hydrogen) atoms. The predicted octanol–water partition coefficient (Wildman–Crippen LogP) is 1.73. The van der Waals surface area contributed by atoms with Gasteiger partial charge in [-0.1, -0.05) is 12.1 Å². The van der Waals surface area contributed by atoms with Gasteiger partial charge in [0.25, 0.3) is 0 Å². The highest BCUT2D eigenvalue weighted by atomic mass is 16.5. The van der Waals surface area contributed by atoms with E-state index in [1.54, 1.807) is 4.90 Å². The molecule has 4 heteroatoms. The molecule has 1 fully saturated rings. The molecule has 1 aliphatic rings. The third-order valence-electron chi connectivity index (χ3n) is 2.50. The first-order valence-electron chi connectivity index (χ1n) is 5.31. The van der Waals surface area contributed by atoms with Crippen molar-refractivity contribution in [3.8, 4) is 0 Å². The van der Waals surface area contributed by atoms with Gasteiger partial charge in [-0.3, -0.25) is 0 Å². The molecule has 1 aromatic rings. The van der Waals surface area contributed by atoms with E-state index in [0.717, 1.165) is 11.3 Å². The Morgan fingerprint density at radius 1 is 1.25 bits per heavy atom. The van der Waals surface area contributed by atoms with Gasteiger partial charge in [0.1, 0.15) is 0 Å². The number of nitrogens with zero attached hydrogens (tertiary/aromatic N) is 1. The van der Waals surface area contributed by atoms with Gasteiger partial charge in [-0.25, -0.2) is 4.79 Å². The quantitative estimate of drug-likeness (QED) is 0.781. The minimum atomic E-state index is -0.0693. The first-order chi connectivity index (χ1) is 7.75. The van der Waals surface area contributed by atoms with E-state index in [-0.39, 0.29) is 6.03 Å². The van der Waals surface area contributed by atoms with Crippen LogP contribution in [-0.4, -0.2) is 37.2 Å². The van der Waals surface area contributed by atoms with Crippen LogP contribution in [0.25, 0.3) is 0 Å². The normalized spacial score (nSPS) is 15.9.